The Bertz CT molecular complexity index is 961. The van der Waals surface area contributed by atoms with Gasteiger partial charge in [0.2, 0.25) is 0 Å². The maximum atomic E-state index is 12.4. The van der Waals surface area contributed by atoms with E-state index in [1.54, 1.807) is 24.3 Å². The third-order valence-corrected chi connectivity index (χ3v) is 4.10. The standard InChI is InChI=1S/C19H16ClNO3/c1-11-3-8-17-14(9-11)10-16(19(23)24-17)18(22)21-12(2)13-4-6-15(20)7-5-13/h3-10,12H,1-2H3,(H,21,22)/t12-/m1/s1. The molecule has 0 fully saturated rings. The quantitative estimate of drug-likeness (QED) is 0.725. The summed E-state index contributed by atoms with van der Waals surface area (Å²) in [5.74, 6) is -0.463. The first-order valence-electron chi connectivity index (χ1n) is 7.55. The lowest BCUT2D eigenvalue weighted by molar-refractivity contribution is 0.0936. The van der Waals surface area contributed by atoms with Gasteiger partial charge in [-0.05, 0) is 49.7 Å². The van der Waals surface area contributed by atoms with Crippen LogP contribution in [-0.2, 0) is 0 Å². The van der Waals surface area contributed by atoms with E-state index >= 15 is 0 Å². The second-order valence-corrected chi connectivity index (χ2v) is 6.17. The minimum atomic E-state index is -0.646. The molecule has 5 heteroatoms. The SMILES string of the molecule is Cc1ccc2oc(=O)c(C(=O)N[C@H](C)c3ccc(Cl)cc3)cc2c1. The van der Waals surface area contributed by atoms with Crippen molar-refractivity contribution in [3.05, 3.63) is 80.7 Å². The van der Waals surface area contributed by atoms with Gasteiger partial charge in [-0.1, -0.05) is 35.4 Å². The van der Waals surface area contributed by atoms with Crippen molar-refractivity contribution in [2.75, 3.05) is 0 Å². The molecule has 1 amide bonds. The Kier molecular flexibility index (Phi) is 4.40. The highest BCUT2D eigenvalue weighted by molar-refractivity contribution is 6.30. The lowest BCUT2D eigenvalue weighted by Gasteiger charge is -2.14. The molecule has 0 aliphatic carbocycles. The smallest absolute Gasteiger partial charge is 0.349 e. The zero-order valence-corrected chi connectivity index (χ0v) is 14.1. The Labute approximate surface area is 144 Å². The van der Waals surface area contributed by atoms with Gasteiger partial charge >= 0.3 is 5.63 Å². The van der Waals surface area contributed by atoms with E-state index in [-0.39, 0.29) is 11.6 Å². The molecule has 1 N–H and O–H groups in total. The average molecular weight is 342 g/mol. The van der Waals surface area contributed by atoms with Crippen molar-refractivity contribution in [2.45, 2.75) is 19.9 Å². The summed E-state index contributed by atoms with van der Waals surface area (Å²) in [5, 5.41) is 4.16. The highest BCUT2D eigenvalue weighted by Crippen LogP contribution is 2.18. The first kappa shape index (κ1) is 16.3. The summed E-state index contributed by atoms with van der Waals surface area (Å²) in [7, 11) is 0. The van der Waals surface area contributed by atoms with Gasteiger partial charge in [0.1, 0.15) is 11.1 Å². The Morgan fingerprint density at radius 3 is 2.54 bits per heavy atom. The number of fused-ring (bicyclic) bond motifs is 1. The molecule has 0 radical (unpaired) electrons. The number of carbonyl (C=O) groups excluding carboxylic acids is 1. The van der Waals surface area contributed by atoms with Crippen LogP contribution in [0.4, 0.5) is 0 Å². The molecule has 3 aromatic rings. The zero-order valence-electron chi connectivity index (χ0n) is 13.3. The number of rotatable bonds is 3. The Hall–Kier alpha value is -2.59. The zero-order chi connectivity index (χ0) is 17.3. The van der Waals surface area contributed by atoms with Crippen LogP contribution in [0.3, 0.4) is 0 Å². The van der Waals surface area contributed by atoms with Gasteiger partial charge in [-0.3, -0.25) is 4.79 Å². The summed E-state index contributed by atoms with van der Waals surface area (Å²) in [4.78, 5) is 24.5. The van der Waals surface area contributed by atoms with Crippen LogP contribution >= 0.6 is 11.6 Å². The molecule has 0 aliphatic heterocycles. The van der Waals surface area contributed by atoms with Gasteiger partial charge in [0, 0.05) is 10.4 Å². The summed E-state index contributed by atoms with van der Waals surface area (Å²) in [6, 6.07) is 13.9. The van der Waals surface area contributed by atoms with Gasteiger partial charge in [0.25, 0.3) is 5.91 Å². The van der Waals surface area contributed by atoms with E-state index < -0.39 is 11.5 Å². The van der Waals surface area contributed by atoms with Crippen LogP contribution < -0.4 is 10.9 Å². The molecule has 0 saturated heterocycles. The number of benzene rings is 2. The lowest BCUT2D eigenvalue weighted by Crippen LogP contribution is -2.30. The molecule has 3 rings (SSSR count). The molecular weight excluding hydrogens is 326 g/mol. The number of hydrogen-bond acceptors (Lipinski definition) is 3. The summed E-state index contributed by atoms with van der Waals surface area (Å²) >= 11 is 5.87. The van der Waals surface area contributed by atoms with Crippen molar-refractivity contribution in [3.63, 3.8) is 0 Å². The topological polar surface area (TPSA) is 59.3 Å². The van der Waals surface area contributed by atoms with Gasteiger partial charge in [-0.15, -0.1) is 0 Å². The first-order valence-corrected chi connectivity index (χ1v) is 7.92. The molecule has 1 atom stereocenters. The Balaban J connectivity index is 1.89. The van der Waals surface area contributed by atoms with Crippen molar-refractivity contribution in [1.29, 1.82) is 0 Å². The average Bonchev–Trinajstić information content (AvgIpc) is 2.55. The number of amides is 1. The molecule has 122 valence electrons. The van der Waals surface area contributed by atoms with Crippen molar-refractivity contribution in [3.8, 4) is 0 Å². The molecule has 4 nitrogen and oxygen atoms in total. The van der Waals surface area contributed by atoms with Crippen LogP contribution in [0.15, 0.2) is 57.7 Å². The van der Waals surface area contributed by atoms with Gasteiger partial charge < -0.3 is 9.73 Å². The van der Waals surface area contributed by atoms with Crippen LogP contribution in [0.2, 0.25) is 5.02 Å². The fourth-order valence-electron chi connectivity index (χ4n) is 2.51. The summed E-state index contributed by atoms with van der Waals surface area (Å²) in [6.07, 6.45) is 0. The summed E-state index contributed by atoms with van der Waals surface area (Å²) < 4.78 is 5.24. The first-order chi connectivity index (χ1) is 11.4. The molecule has 2 aromatic carbocycles. The fourth-order valence-corrected chi connectivity index (χ4v) is 2.64. The van der Waals surface area contributed by atoms with Gasteiger partial charge in [-0.2, -0.15) is 0 Å². The molecule has 0 bridgehead atoms. The lowest BCUT2D eigenvalue weighted by atomic mass is 10.1. The largest absolute Gasteiger partial charge is 0.422 e. The van der Waals surface area contributed by atoms with Crippen LogP contribution in [0.5, 0.6) is 0 Å². The summed E-state index contributed by atoms with van der Waals surface area (Å²) in [6.45, 7) is 3.78. The highest BCUT2D eigenvalue weighted by Gasteiger charge is 2.16. The molecule has 0 aliphatic rings. The third kappa shape index (κ3) is 3.34. The van der Waals surface area contributed by atoms with E-state index in [9.17, 15) is 9.59 Å². The van der Waals surface area contributed by atoms with Gasteiger partial charge in [-0.25, -0.2) is 4.79 Å². The normalized spacial score (nSPS) is 12.1. The maximum Gasteiger partial charge on any atom is 0.349 e. The van der Waals surface area contributed by atoms with Crippen molar-refractivity contribution in [2.24, 2.45) is 0 Å². The number of carbonyl (C=O) groups is 1. The van der Waals surface area contributed by atoms with Crippen molar-refractivity contribution >= 4 is 28.5 Å². The van der Waals surface area contributed by atoms with Gasteiger partial charge in [0.15, 0.2) is 0 Å². The van der Waals surface area contributed by atoms with Gasteiger partial charge in [0.05, 0.1) is 6.04 Å². The maximum absolute atomic E-state index is 12.4. The molecule has 0 unspecified atom stereocenters. The molecule has 0 saturated carbocycles. The molecule has 1 aromatic heterocycles. The molecule has 1 heterocycles. The second kappa shape index (κ2) is 6.49. The molecule has 0 spiro atoms. The van der Waals surface area contributed by atoms with Crippen LogP contribution in [0.25, 0.3) is 11.0 Å². The predicted octanol–water partition coefficient (Wildman–Crippen LogP) is 4.25. The van der Waals surface area contributed by atoms with Crippen molar-refractivity contribution < 1.29 is 9.21 Å². The molecule has 24 heavy (non-hydrogen) atoms. The Morgan fingerprint density at radius 1 is 1.12 bits per heavy atom. The van der Waals surface area contributed by atoms with E-state index in [0.29, 0.717) is 10.6 Å². The van der Waals surface area contributed by atoms with E-state index in [4.69, 9.17) is 16.0 Å². The fraction of sp³-hybridized carbons (Fsp3) is 0.158. The molecular formula is C19H16ClNO3. The van der Waals surface area contributed by atoms with Crippen LogP contribution in [0, 0.1) is 6.92 Å². The van der Waals surface area contributed by atoms with Crippen molar-refractivity contribution in [1.82, 2.24) is 5.32 Å². The number of nitrogens with one attached hydrogen (secondary N) is 1. The summed E-state index contributed by atoms with van der Waals surface area (Å²) in [5.41, 5.74) is 1.74. The highest BCUT2D eigenvalue weighted by atomic mass is 35.5. The number of hydrogen-bond donors (Lipinski definition) is 1. The van der Waals surface area contributed by atoms with Crippen LogP contribution in [0.1, 0.15) is 34.5 Å². The third-order valence-electron chi connectivity index (χ3n) is 3.85. The van der Waals surface area contributed by atoms with E-state index in [1.165, 1.54) is 0 Å². The second-order valence-electron chi connectivity index (χ2n) is 5.74. The minimum absolute atomic E-state index is 0.00564. The predicted molar refractivity (Wildman–Crippen MR) is 94.6 cm³/mol. The number of aryl methyl sites for hydroxylation is 1. The van der Waals surface area contributed by atoms with E-state index in [0.717, 1.165) is 16.5 Å². The Morgan fingerprint density at radius 2 is 1.83 bits per heavy atom. The van der Waals surface area contributed by atoms with Crippen LogP contribution in [-0.4, -0.2) is 5.91 Å². The minimum Gasteiger partial charge on any atom is -0.422 e. The monoisotopic (exact) mass is 341 g/mol. The van der Waals surface area contributed by atoms with E-state index in [2.05, 4.69) is 5.32 Å². The number of halogens is 1. The van der Waals surface area contributed by atoms with E-state index in [1.807, 2.05) is 38.1 Å².